The molecule has 2 N–H and O–H groups in total. The monoisotopic (exact) mass is 326 g/mol. The van der Waals surface area contributed by atoms with Crippen LogP contribution in [-0.4, -0.2) is 19.0 Å². The topological polar surface area (TPSA) is 41.1 Å². The summed E-state index contributed by atoms with van der Waals surface area (Å²) >= 11 is 12.3. The second-order valence-corrected chi connectivity index (χ2v) is 7.03. The molecule has 1 aliphatic carbocycles. The molecule has 1 heterocycles. The van der Waals surface area contributed by atoms with E-state index in [4.69, 9.17) is 23.2 Å². The Kier molecular flexibility index (Phi) is 4.17. The molecule has 1 aromatic carbocycles. The van der Waals surface area contributed by atoms with Crippen molar-refractivity contribution in [3.05, 3.63) is 33.8 Å². The summed E-state index contributed by atoms with van der Waals surface area (Å²) in [5.74, 6) is 0.320. The van der Waals surface area contributed by atoms with Gasteiger partial charge in [0.25, 0.3) is 0 Å². The van der Waals surface area contributed by atoms with Crippen molar-refractivity contribution in [3.63, 3.8) is 0 Å². The zero-order valence-electron chi connectivity index (χ0n) is 12.1. The predicted molar refractivity (Wildman–Crippen MR) is 85.7 cm³/mol. The zero-order chi connectivity index (χ0) is 15.0. The Hall–Kier alpha value is -0.770. The minimum atomic E-state index is -0.122. The van der Waals surface area contributed by atoms with Gasteiger partial charge in [-0.15, -0.1) is 0 Å². The van der Waals surface area contributed by atoms with Gasteiger partial charge in [0.1, 0.15) is 0 Å². The number of benzene rings is 1. The fraction of sp³-hybridized carbons (Fsp3) is 0.562. The van der Waals surface area contributed by atoms with Gasteiger partial charge in [0.15, 0.2) is 0 Å². The van der Waals surface area contributed by atoms with Gasteiger partial charge in [0, 0.05) is 5.92 Å². The Balaban J connectivity index is 1.64. The number of nitrogens with one attached hydrogen (secondary N) is 2. The van der Waals surface area contributed by atoms with Crippen molar-refractivity contribution in [1.29, 1.82) is 0 Å². The molecule has 0 aromatic heterocycles. The fourth-order valence-corrected chi connectivity index (χ4v) is 3.91. The summed E-state index contributed by atoms with van der Waals surface area (Å²) in [7, 11) is 0. The van der Waals surface area contributed by atoms with Crippen LogP contribution < -0.4 is 10.6 Å². The maximum Gasteiger partial charge on any atom is 0.224 e. The summed E-state index contributed by atoms with van der Waals surface area (Å²) < 4.78 is 0. The molecule has 1 saturated carbocycles. The van der Waals surface area contributed by atoms with Gasteiger partial charge in [0.2, 0.25) is 5.91 Å². The van der Waals surface area contributed by atoms with E-state index in [9.17, 15) is 4.79 Å². The maximum absolute atomic E-state index is 12.5. The van der Waals surface area contributed by atoms with E-state index >= 15 is 0 Å². The van der Waals surface area contributed by atoms with Crippen LogP contribution in [0.25, 0.3) is 0 Å². The van der Waals surface area contributed by atoms with Crippen molar-refractivity contribution in [3.8, 4) is 0 Å². The molecule has 0 radical (unpaired) electrons. The lowest BCUT2D eigenvalue weighted by Gasteiger charge is -2.24. The predicted octanol–water partition coefficient (Wildman–Crippen LogP) is 3.56. The molecule has 2 atom stereocenters. The SMILES string of the molecule is CC(NC(=O)C1CC12CCNCC2)c1cccc(Cl)c1Cl. The molecule has 5 heteroatoms. The van der Waals surface area contributed by atoms with Crippen LogP contribution in [0.5, 0.6) is 0 Å². The first kappa shape index (κ1) is 15.1. The highest BCUT2D eigenvalue weighted by Gasteiger charge is 2.57. The number of carbonyl (C=O) groups excluding carboxylic acids is 1. The Bertz CT molecular complexity index is 555. The molecule has 2 unspecified atom stereocenters. The number of halogens is 2. The highest BCUT2D eigenvalue weighted by molar-refractivity contribution is 6.42. The van der Waals surface area contributed by atoms with E-state index in [-0.39, 0.29) is 23.3 Å². The summed E-state index contributed by atoms with van der Waals surface area (Å²) in [6, 6.07) is 5.40. The van der Waals surface area contributed by atoms with Crippen LogP contribution >= 0.6 is 23.2 Å². The third kappa shape index (κ3) is 2.92. The number of hydrogen-bond donors (Lipinski definition) is 2. The first-order chi connectivity index (χ1) is 10.0. The van der Waals surface area contributed by atoms with E-state index in [1.54, 1.807) is 6.07 Å². The van der Waals surface area contributed by atoms with E-state index in [0.29, 0.717) is 10.0 Å². The number of piperidine rings is 1. The number of hydrogen-bond acceptors (Lipinski definition) is 2. The minimum Gasteiger partial charge on any atom is -0.349 e. The summed E-state index contributed by atoms with van der Waals surface area (Å²) in [6.45, 7) is 4.01. The van der Waals surface area contributed by atoms with Crippen molar-refractivity contribution in [2.45, 2.75) is 32.2 Å². The Morgan fingerprint density at radius 1 is 1.38 bits per heavy atom. The van der Waals surface area contributed by atoms with Crippen LogP contribution in [-0.2, 0) is 4.79 Å². The van der Waals surface area contributed by atoms with Gasteiger partial charge in [-0.05, 0) is 56.3 Å². The Labute approximate surface area is 135 Å². The van der Waals surface area contributed by atoms with Gasteiger partial charge < -0.3 is 10.6 Å². The maximum atomic E-state index is 12.5. The standard InChI is InChI=1S/C16H20Cl2N2O/c1-10(11-3-2-4-13(17)14(11)18)20-15(21)12-9-16(12)5-7-19-8-6-16/h2-4,10,12,19H,5-9H2,1H3,(H,20,21). The molecule has 3 nitrogen and oxygen atoms in total. The van der Waals surface area contributed by atoms with Gasteiger partial charge in [-0.2, -0.15) is 0 Å². The molecule has 3 rings (SSSR count). The molecular weight excluding hydrogens is 307 g/mol. The smallest absolute Gasteiger partial charge is 0.224 e. The second kappa shape index (κ2) is 5.79. The summed E-state index contributed by atoms with van der Waals surface area (Å²) in [4.78, 5) is 12.5. The van der Waals surface area contributed by atoms with Crippen molar-refractivity contribution in [2.75, 3.05) is 13.1 Å². The van der Waals surface area contributed by atoms with Crippen molar-refractivity contribution in [2.24, 2.45) is 11.3 Å². The van der Waals surface area contributed by atoms with Crippen molar-refractivity contribution >= 4 is 29.1 Å². The highest BCUT2D eigenvalue weighted by atomic mass is 35.5. The Morgan fingerprint density at radius 3 is 2.81 bits per heavy atom. The van der Waals surface area contributed by atoms with Crippen LogP contribution in [0.1, 0.15) is 37.8 Å². The van der Waals surface area contributed by atoms with Crippen LogP contribution in [0.15, 0.2) is 18.2 Å². The van der Waals surface area contributed by atoms with E-state index in [0.717, 1.165) is 37.9 Å². The van der Waals surface area contributed by atoms with Crippen LogP contribution in [0, 0.1) is 11.3 Å². The number of amides is 1. The number of carbonyl (C=O) groups is 1. The first-order valence-corrected chi connectivity index (χ1v) is 8.24. The lowest BCUT2D eigenvalue weighted by molar-refractivity contribution is -0.123. The third-order valence-corrected chi connectivity index (χ3v) is 5.75. The second-order valence-electron chi connectivity index (χ2n) is 6.24. The lowest BCUT2D eigenvalue weighted by Crippen LogP contribution is -2.34. The van der Waals surface area contributed by atoms with E-state index in [2.05, 4.69) is 10.6 Å². The van der Waals surface area contributed by atoms with Crippen LogP contribution in [0.2, 0.25) is 10.0 Å². The molecule has 1 saturated heterocycles. The van der Waals surface area contributed by atoms with Gasteiger partial charge >= 0.3 is 0 Å². The van der Waals surface area contributed by atoms with E-state index in [1.807, 2.05) is 19.1 Å². The molecule has 114 valence electrons. The molecular formula is C16H20Cl2N2O. The number of rotatable bonds is 3. The lowest BCUT2D eigenvalue weighted by atomic mass is 9.91. The first-order valence-electron chi connectivity index (χ1n) is 7.48. The molecule has 1 amide bonds. The van der Waals surface area contributed by atoms with Gasteiger partial charge in [-0.25, -0.2) is 0 Å². The third-order valence-electron chi connectivity index (χ3n) is 4.91. The van der Waals surface area contributed by atoms with E-state index < -0.39 is 0 Å². The Morgan fingerprint density at radius 2 is 2.10 bits per heavy atom. The average molecular weight is 327 g/mol. The van der Waals surface area contributed by atoms with Crippen molar-refractivity contribution < 1.29 is 4.79 Å². The van der Waals surface area contributed by atoms with Gasteiger partial charge in [-0.3, -0.25) is 4.79 Å². The zero-order valence-corrected chi connectivity index (χ0v) is 13.6. The summed E-state index contributed by atoms with van der Waals surface area (Å²) in [5.41, 5.74) is 1.13. The fourth-order valence-electron chi connectivity index (χ4n) is 3.44. The molecule has 2 fully saturated rings. The molecule has 1 spiro atoms. The molecule has 2 aliphatic rings. The summed E-state index contributed by atoms with van der Waals surface area (Å²) in [5, 5.41) is 7.50. The van der Waals surface area contributed by atoms with Gasteiger partial charge in [0.05, 0.1) is 16.1 Å². The summed E-state index contributed by atoms with van der Waals surface area (Å²) in [6.07, 6.45) is 3.24. The van der Waals surface area contributed by atoms with Crippen LogP contribution in [0.4, 0.5) is 0 Å². The van der Waals surface area contributed by atoms with Crippen molar-refractivity contribution in [1.82, 2.24) is 10.6 Å². The quantitative estimate of drug-likeness (QED) is 0.891. The molecule has 1 aromatic rings. The molecule has 21 heavy (non-hydrogen) atoms. The minimum absolute atomic E-state index is 0.122. The highest BCUT2D eigenvalue weighted by Crippen LogP contribution is 2.58. The average Bonchev–Trinajstić information content (AvgIpc) is 3.16. The molecule has 0 bridgehead atoms. The normalized spacial score (nSPS) is 24.6. The van der Waals surface area contributed by atoms with Crippen LogP contribution in [0.3, 0.4) is 0 Å². The van der Waals surface area contributed by atoms with E-state index in [1.165, 1.54) is 0 Å². The van der Waals surface area contributed by atoms with Gasteiger partial charge in [-0.1, -0.05) is 35.3 Å². The molecule has 1 aliphatic heterocycles. The largest absolute Gasteiger partial charge is 0.349 e.